The van der Waals surface area contributed by atoms with Crippen molar-refractivity contribution in [1.82, 2.24) is 4.90 Å². The highest BCUT2D eigenvalue weighted by atomic mass is 16.5. The fourth-order valence-corrected chi connectivity index (χ4v) is 3.35. The van der Waals surface area contributed by atoms with Crippen molar-refractivity contribution in [3.63, 3.8) is 0 Å². The van der Waals surface area contributed by atoms with Gasteiger partial charge in [0.1, 0.15) is 0 Å². The van der Waals surface area contributed by atoms with Gasteiger partial charge in [0.05, 0.1) is 13.0 Å². The minimum absolute atomic E-state index is 0.283. The van der Waals surface area contributed by atoms with Crippen molar-refractivity contribution < 1.29 is 9.53 Å². The van der Waals surface area contributed by atoms with Gasteiger partial charge in [-0.15, -0.1) is 0 Å². The van der Waals surface area contributed by atoms with Crippen molar-refractivity contribution in [2.24, 2.45) is 11.8 Å². The Bertz CT molecular complexity index is 249. The molecule has 2 aliphatic rings. The minimum atomic E-state index is 0.283. The zero-order valence-electron chi connectivity index (χ0n) is 11.0. The van der Waals surface area contributed by atoms with Crippen molar-refractivity contribution in [2.75, 3.05) is 26.8 Å². The summed E-state index contributed by atoms with van der Waals surface area (Å²) in [5.41, 5.74) is 0. The predicted octanol–water partition coefficient (Wildman–Crippen LogP) is 2.45. The first-order valence-corrected chi connectivity index (χ1v) is 7.08. The normalized spacial score (nSPS) is 26.4. The molecule has 3 nitrogen and oxygen atoms in total. The standard InChI is InChI=1S/C14H25NO2/c1-17-10-8-14(16)15-9-7-13(11-15)12-5-3-2-4-6-12/h12-13H,2-11H2,1H3/t13-/m1/s1. The molecule has 1 aliphatic carbocycles. The molecule has 2 fully saturated rings. The first kappa shape index (κ1) is 12.9. The molecule has 0 unspecified atom stereocenters. The van der Waals surface area contributed by atoms with Crippen LogP contribution in [-0.2, 0) is 9.53 Å². The molecule has 0 aromatic rings. The number of rotatable bonds is 4. The predicted molar refractivity (Wildman–Crippen MR) is 67.8 cm³/mol. The molecule has 0 radical (unpaired) electrons. The lowest BCUT2D eigenvalue weighted by Gasteiger charge is -2.27. The third-order valence-corrected chi connectivity index (χ3v) is 4.41. The van der Waals surface area contributed by atoms with E-state index in [9.17, 15) is 4.79 Å². The lowest BCUT2D eigenvalue weighted by Crippen LogP contribution is -2.30. The van der Waals surface area contributed by atoms with E-state index in [4.69, 9.17) is 4.74 Å². The van der Waals surface area contributed by atoms with Crippen molar-refractivity contribution in [3.05, 3.63) is 0 Å². The maximum Gasteiger partial charge on any atom is 0.224 e. The van der Waals surface area contributed by atoms with E-state index >= 15 is 0 Å². The molecule has 1 atom stereocenters. The summed E-state index contributed by atoms with van der Waals surface area (Å²) in [4.78, 5) is 13.9. The molecule has 3 heteroatoms. The molecule has 0 bridgehead atoms. The van der Waals surface area contributed by atoms with Crippen LogP contribution < -0.4 is 0 Å². The maximum absolute atomic E-state index is 11.9. The Morgan fingerprint density at radius 1 is 1.18 bits per heavy atom. The highest BCUT2D eigenvalue weighted by Gasteiger charge is 2.31. The Balaban J connectivity index is 1.76. The van der Waals surface area contributed by atoms with Gasteiger partial charge in [-0.05, 0) is 18.3 Å². The van der Waals surface area contributed by atoms with E-state index in [1.54, 1.807) is 7.11 Å². The molecule has 2 rings (SSSR count). The summed E-state index contributed by atoms with van der Waals surface area (Å²) in [6.45, 7) is 2.54. The third-order valence-electron chi connectivity index (χ3n) is 4.41. The Labute approximate surface area is 105 Å². The topological polar surface area (TPSA) is 29.5 Å². The van der Waals surface area contributed by atoms with Crippen LogP contribution in [-0.4, -0.2) is 37.6 Å². The smallest absolute Gasteiger partial charge is 0.224 e. The second kappa shape index (κ2) is 6.39. The number of likely N-dealkylation sites (tertiary alicyclic amines) is 1. The summed E-state index contributed by atoms with van der Waals surface area (Å²) in [5, 5.41) is 0. The molecule has 1 saturated heterocycles. The SMILES string of the molecule is COCCC(=O)N1CC[C@@H](C2CCCCC2)C1. The Hall–Kier alpha value is -0.570. The summed E-state index contributed by atoms with van der Waals surface area (Å²) in [5.74, 6) is 1.95. The van der Waals surface area contributed by atoms with Gasteiger partial charge in [0.15, 0.2) is 0 Å². The van der Waals surface area contributed by atoms with Crippen LogP contribution in [0.25, 0.3) is 0 Å². The number of hydrogen-bond acceptors (Lipinski definition) is 2. The molecule has 1 saturated carbocycles. The highest BCUT2D eigenvalue weighted by molar-refractivity contribution is 5.76. The van der Waals surface area contributed by atoms with Gasteiger partial charge in [0.2, 0.25) is 5.91 Å². The van der Waals surface area contributed by atoms with Gasteiger partial charge in [-0.3, -0.25) is 4.79 Å². The van der Waals surface area contributed by atoms with Crippen molar-refractivity contribution >= 4 is 5.91 Å². The number of carbonyl (C=O) groups is 1. The average molecular weight is 239 g/mol. The van der Waals surface area contributed by atoms with Gasteiger partial charge in [0, 0.05) is 20.2 Å². The molecule has 0 aromatic heterocycles. The first-order valence-electron chi connectivity index (χ1n) is 7.08. The largest absolute Gasteiger partial charge is 0.384 e. The molecule has 17 heavy (non-hydrogen) atoms. The number of methoxy groups -OCH3 is 1. The van der Waals surface area contributed by atoms with E-state index in [0.29, 0.717) is 13.0 Å². The quantitative estimate of drug-likeness (QED) is 0.754. The van der Waals surface area contributed by atoms with Crippen LogP contribution in [0.15, 0.2) is 0 Å². The Morgan fingerprint density at radius 3 is 2.65 bits per heavy atom. The molecule has 1 amide bonds. The van der Waals surface area contributed by atoms with Crippen molar-refractivity contribution in [2.45, 2.75) is 44.9 Å². The number of ether oxygens (including phenoxy) is 1. The molecule has 1 aliphatic heterocycles. The van der Waals surface area contributed by atoms with E-state index < -0.39 is 0 Å². The number of carbonyl (C=O) groups excluding carboxylic acids is 1. The summed E-state index contributed by atoms with van der Waals surface area (Å²) in [6, 6.07) is 0. The van der Waals surface area contributed by atoms with Gasteiger partial charge in [0.25, 0.3) is 0 Å². The van der Waals surface area contributed by atoms with Crippen molar-refractivity contribution in [3.8, 4) is 0 Å². The Kier molecular flexibility index (Phi) is 4.84. The van der Waals surface area contributed by atoms with Crippen LogP contribution >= 0.6 is 0 Å². The first-order chi connectivity index (χ1) is 8.31. The fourth-order valence-electron chi connectivity index (χ4n) is 3.35. The number of hydrogen-bond donors (Lipinski definition) is 0. The lowest BCUT2D eigenvalue weighted by molar-refractivity contribution is -0.131. The second-order valence-corrected chi connectivity index (χ2v) is 5.53. The molecule has 0 aromatic carbocycles. The summed E-state index contributed by atoms with van der Waals surface area (Å²) < 4.78 is 4.97. The second-order valence-electron chi connectivity index (χ2n) is 5.53. The zero-order chi connectivity index (χ0) is 12.1. The number of amides is 1. The molecular weight excluding hydrogens is 214 g/mol. The number of nitrogens with zero attached hydrogens (tertiary/aromatic N) is 1. The van der Waals surface area contributed by atoms with Crippen LogP contribution in [0.2, 0.25) is 0 Å². The van der Waals surface area contributed by atoms with Crippen LogP contribution in [0.4, 0.5) is 0 Å². The Morgan fingerprint density at radius 2 is 1.94 bits per heavy atom. The molecule has 0 N–H and O–H groups in total. The monoisotopic (exact) mass is 239 g/mol. The highest BCUT2D eigenvalue weighted by Crippen LogP contribution is 2.35. The van der Waals surface area contributed by atoms with E-state index in [1.165, 1.54) is 38.5 Å². The lowest BCUT2D eigenvalue weighted by atomic mass is 9.80. The van der Waals surface area contributed by atoms with Crippen LogP contribution in [0.3, 0.4) is 0 Å². The van der Waals surface area contributed by atoms with E-state index in [-0.39, 0.29) is 5.91 Å². The molecule has 0 spiro atoms. The van der Waals surface area contributed by atoms with Gasteiger partial charge in [-0.1, -0.05) is 32.1 Å². The maximum atomic E-state index is 11.9. The van der Waals surface area contributed by atoms with E-state index in [2.05, 4.69) is 4.90 Å². The average Bonchev–Trinajstić information content (AvgIpc) is 2.86. The van der Waals surface area contributed by atoms with Crippen LogP contribution in [0.5, 0.6) is 0 Å². The molecule has 98 valence electrons. The van der Waals surface area contributed by atoms with E-state index in [1.807, 2.05) is 0 Å². The van der Waals surface area contributed by atoms with E-state index in [0.717, 1.165) is 24.9 Å². The summed E-state index contributed by atoms with van der Waals surface area (Å²) >= 11 is 0. The van der Waals surface area contributed by atoms with Crippen LogP contribution in [0, 0.1) is 11.8 Å². The van der Waals surface area contributed by atoms with Gasteiger partial charge >= 0.3 is 0 Å². The minimum Gasteiger partial charge on any atom is -0.384 e. The van der Waals surface area contributed by atoms with Gasteiger partial charge < -0.3 is 9.64 Å². The van der Waals surface area contributed by atoms with Crippen molar-refractivity contribution in [1.29, 1.82) is 0 Å². The molecular formula is C14H25NO2. The van der Waals surface area contributed by atoms with Gasteiger partial charge in [-0.25, -0.2) is 0 Å². The van der Waals surface area contributed by atoms with Crippen LogP contribution in [0.1, 0.15) is 44.9 Å². The third kappa shape index (κ3) is 3.44. The fraction of sp³-hybridized carbons (Fsp3) is 0.929. The zero-order valence-corrected chi connectivity index (χ0v) is 11.0. The van der Waals surface area contributed by atoms with Gasteiger partial charge in [-0.2, -0.15) is 0 Å². The summed E-state index contributed by atoms with van der Waals surface area (Å²) in [7, 11) is 1.65. The summed E-state index contributed by atoms with van der Waals surface area (Å²) in [6.07, 6.45) is 8.78. The molecule has 1 heterocycles.